The lowest BCUT2D eigenvalue weighted by Crippen LogP contribution is -2.19. The van der Waals surface area contributed by atoms with Crippen LogP contribution in [0.25, 0.3) is 0 Å². The van der Waals surface area contributed by atoms with E-state index in [1.165, 1.54) is 18.3 Å². The second-order valence-corrected chi connectivity index (χ2v) is 6.67. The van der Waals surface area contributed by atoms with Crippen LogP contribution in [0.2, 0.25) is 0 Å². The van der Waals surface area contributed by atoms with Gasteiger partial charge in [-0.15, -0.1) is 0 Å². The van der Waals surface area contributed by atoms with Crippen LogP contribution in [0.5, 0.6) is 0 Å². The van der Waals surface area contributed by atoms with Crippen molar-refractivity contribution in [3.8, 4) is 0 Å². The van der Waals surface area contributed by atoms with Gasteiger partial charge in [-0.05, 0) is 29.8 Å². The summed E-state index contributed by atoms with van der Waals surface area (Å²) in [6.45, 7) is 0. The summed E-state index contributed by atoms with van der Waals surface area (Å²) in [5, 5.41) is 8.44. The third-order valence-electron chi connectivity index (χ3n) is 3.47. The van der Waals surface area contributed by atoms with Crippen LogP contribution >= 0.6 is 0 Å². The van der Waals surface area contributed by atoms with E-state index in [0.29, 0.717) is 0 Å². The number of rotatable bonds is 5. The molecule has 3 aromatic rings. The number of hydrogen-bond acceptors (Lipinski definition) is 5. The highest BCUT2D eigenvalue weighted by atomic mass is 32.2. The van der Waals surface area contributed by atoms with Gasteiger partial charge in [0.1, 0.15) is 10.7 Å². The van der Waals surface area contributed by atoms with Gasteiger partial charge in [-0.2, -0.15) is 0 Å². The highest BCUT2D eigenvalue weighted by molar-refractivity contribution is 7.89. The summed E-state index contributed by atoms with van der Waals surface area (Å²) in [4.78, 5) is 8.46. The van der Waals surface area contributed by atoms with E-state index in [0.717, 1.165) is 11.3 Å². The lowest BCUT2D eigenvalue weighted by atomic mass is 10.0. The van der Waals surface area contributed by atoms with Crippen LogP contribution in [0.3, 0.4) is 0 Å². The molecule has 1 aromatic carbocycles. The molecule has 122 valence electrons. The van der Waals surface area contributed by atoms with Crippen LogP contribution in [0, 0.1) is 0 Å². The van der Waals surface area contributed by atoms with Crippen molar-refractivity contribution in [1.82, 2.24) is 9.97 Å². The number of primary sulfonamides is 1. The zero-order chi connectivity index (χ0) is 17.0. The van der Waals surface area contributed by atoms with Crippen molar-refractivity contribution in [1.29, 1.82) is 0 Å². The van der Waals surface area contributed by atoms with Gasteiger partial charge < -0.3 is 5.32 Å². The molecule has 0 unspecified atom stereocenters. The lowest BCUT2D eigenvalue weighted by Gasteiger charge is -2.20. The van der Waals surface area contributed by atoms with E-state index in [4.69, 9.17) is 5.14 Å². The SMILES string of the molecule is NS(=O)(=O)c1cccnc1N[C@@H](c1ccccc1)c1ccccn1. The maximum Gasteiger partial charge on any atom is 0.241 e. The summed E-state index contributed by atoms with van der Waals surface area (Å²) >= 11 is 0. The molecular formula is C17H16N4O2S. The molecule has 24 heavy (non-hydrogen) atoms. The van der Waals surface area contributed by atoms with Crippen LogP contribution in [-0.2, 0) is 10.0 Å². The Labute approximate surface area is 140 Å². The van der Waals surface area contributed by atoms with Crippen LogP contribution in [-0.4, -0.2) is 18.4 Å². The van der Waals surface area contributed by atoms with E-state index in [2.05, 4.69) is 15.3 Å². The first-order chi connectivity index (χ1) is 11.6. The fourth-order valence-electron chi connectivity index (χ4n) is 2.39. The Bertz CT molecular complexity index is 876. The Kier molecular flexibility index (Phi) is 4.54. The number of anilines is 1. The molecule has 0 spiro atoms. The second kappa shape index (κ2) is 6.77. The monoisotopic (exact) mass is 340 g/mol. The molecule has 0 saturated carbocycles. The van der Waals surface area contributed by atoms with Crippen molar-refractivity contribution in [2.45, 2.75) is 10.9 Å². The fraction of sp³-hybridized carbons (Fsp3) is 0.0588. The van der Waals surface area contributed by atoms with Gasteiger partial charge >= 0.3 is 0 Å². The van der Waals surface area contributed by atoms with Gasteiger partial charge in [-0.25, -0.2) is 18.5 Å². The van der Waals surface area contributed by atoms with E-state index in [-0.39, 0.29) is 16.8 Å². The number of nitrogens with two attached hydrogens (primary N) is 1. The van der Waals surface area contributed by atoms with Crippen molar-refractivity contribution in [2.24, 2.45) is 5.14 Å². The minimum atomic E-state index is -3.89. The van der Waals surface area contributed by atoms with E-state index in [9.17, 15) is 8.42 Å². The number of aromatic nitrogens is 2. The fourth-order valence-corrected chi connectivity index (χ4v) is 3.03. The summed E-state index contributed by atoms with van der Waals surface area (Å²) < 4.78 is 23.6. The first kappa shape index (κ1) is 16.1. The minimum Gasteiger partial charge on any atom is -0.356 e. The molecule has 1 atom stereocenters. The van der Waals surface area contributed by atoms with Gasteiger partial charge in [-0.3, -0.25) is 4.98 Å². The molecule has 0 amide bonds. The van der Waals surface area contributed by atoms with Gasteiger partial charge in [0.05, 0.1) is 11.7 Å². The lowest BCUT2D eigenvalue weighted by molar-refractivity contribution is 0.597. The van der Waals surface area contributed by atoms with E-state index >= 15 is 0 Å². The third-order valence-corrected chi connectivity index (χ3v) is 4.42. The zero-order valence-electron chi connectivity index (χ0n) is 12.7. The van der Waals surface area contributed by atoms with E-state index in [1.54, 1.807) is 6.20 Å². The molecular weight excluding hydrogens is 324 g/mol. The molecule has 0 bridgehead atoms. The molecule has 0 radical (unpaired) electrons. The topological polar surface area (TPSA) is 98.0 Å². The van der Waals surface area contributed by atoms with Crippen LogP contribution in [0.4, 0.5) is 5.82 Å². The van der Waals surface area contributed by atoms with Crippen LogP contribution < -0.4 is 10.5 Å². The molecule has 3 rings (SSSR count). The van der Waals surface area contributed by atoms with E-state index < -0.39 is 10.0 Å². The number of sulfonamides is 1. The summed E-state index contributed by atoms with van der Waals surface area (Å²) in [5.74, 6) is 0.194. The van der Waals surface area contributed by atoms with Crippen LogP contribution in [0.15, 0.2) is 78.0 Å². The Morgan fingerprint density at radius 3 is 2.25 bits per heavy atom. The summed E-state index contributed by atoms with van der Waals surface area (Å²) in [5.41, 5.74) is 1.68. The summed E-state index contributed by atoms with van der Waals surface area (Å²) in [7, 11) is -3.89. The van der Waals surface area contributed by atoms with E-state index in [1.807, 2.05) is 48.5 Å². The quantitative estimate of drug-likeness (QED) is 0.743. The molecule has 7 heteroatoms. The normalized spacial score (nSPS) is 12.5. The smallest absolute Gasteiger partial charge is 0.241 e. The van der Waals surface area contributed by atoms with Crippen molar-refractivity contribution in [2.75, 3.05) is 5.32 Å². The molecule has 2 aromatic heterocycles. The zero-order valence-corrected chi connectivity index (χ0v) is 13.5. The average molecular weight is 340 g/mol. The van der Waals surface area contributed by atoms with Crippen LogP contribution in [0.1, 0.15) is 17.3 Å². The highest BCUT2D eigenvalue weighted by Gasteiger charge is 2.20. The van der Waals surface area contributed by atoms with Crippen molar-refractivity contribution in [3.63, 3.8) is 0 Å². The Morgan fingerprint density at radius 1 is 0.875 bits per heavy atom. The standard InChI is InChI=1S/C17H16N4O2S/c18-24(22,23)15-10-6-12-20-17(15)21-16(13-7-2-1-3-8-13)14-9-4-5-11-19-14/h1-12,16H,(H,20,21)(H2,18,22,23)/t16-/m0/s1. The third kappa shape index (κ3) is 3.58. The highest BCUT2D eigenvalue weighted by Crippen LogP contribution is 2.27. The number of hydrogen-bond donors (Lipinski definition) is 2. The van der Waals surface area contributed by atoms with Gasteiger partial charge in [0.2, 0.25) is 10.0 Å². The van der Waals surface area contributed by atoms with Gasteiger partial charge in [0, 0.05) is 12.4 Å². The first-order valence-electron chi connectivity index (χ1n) is 7.26. The number of benzene rings is 1. The maximum absolute atomic E-state index is 11.8. The predicted octanol–water partition coefficient (Wildman–Crippen LogP) is 2.33. The largest absolute Gasteiger partial charge is 0.356 e. The van der Waals surface area contributed by atoms with Gasteiger partial charge in [-0.1, -0.05) is 36.4 Å². The molecule has 0 aliphatic heterocycles. The molecule has 0 aliphatic rings. The number of nitrogens with one attached hydrogen (secondary N) is 1. The first-order valence-corrected chi connectivity index (χ1v) is 8.80. The predicted molar refractivity (Wildman–Crippen MR) is 91.8 cm³/mol. The minimum absolute atomic E-state index is 0.0538. The van der Waals surface area contributed by atoms with Crippen molar-refractivity contribution < 1.29 is 8.42 Å². The van der Waals surface area contributed by atoms with Crippen molar-refractivity contribution >= 4 is 15.8 Å². The summed E-state index contributed by atoms with van der Waals surface area (Å²) in [6, 6.07) is 17.8. The van der Waals surface area contributed by atoms with Crippen molar-refractivity contribution in [3.05, 3.63) is 84.3 Å². The Hall–Kier alpha value is -2.77. The average Bonchev–Trinajstić information content (AvgIpc) is 2.61. The molecule has 3 N–H and O–H groups in total. The second-order valence-electron chi connectivity index (χ2n) is 5.14. The summed E-state index contributed by atoms with van der Waals surface area (Å²) in [6.07, 6.45) is 3.20. The van der Waals surface area contributed by atoms with Gasteiger partial charge in [0.15, 0.2) is 0 Å². The molecule has 6 nitrogen and oxygen atoms in total. The molecule has 2 heterocycles. The molecule has 0 fully saturated rings. The maximum atomic E-state index is 11.8. The number of pyridine rings is 2. The molecule has 0 aliphatic carbocycles. The number of nitrogens with zero attached hydrogens (tertiary/aromatic N) is 2. The Balaban J connectivity index is 2.07. The van der Waals surface area contributed by atoms with Gasteiger partial charge in [0.25, 0.3) is 0 Å². The Morgan fingerprint density at radius 2 is 1.58 bits per heavy atom. The molecule has 0 saturated heterocycles.